The van der Waals surface area contributed by atoms with Gasteiger partial charge >= 0.3 is 0 Å². The molecular weight excluding hydrogens is 1350 g/mol. The van der Waals surface area contributed by atoms with Crippen LogP contribution in [0.25, 0.3) is 50.8 Å². The van der Waals surface area contributed by atoms with Crippen molar-refractivity contribution in [2.24, 2.45) is 0 Å². The molecule has 6 aromatic carbocycles. The zero-order chi connectivity index (χ0) is 89.0. The number of pyridine rings is 3. The Labute approximate surface area is 647 Å². The van der Waals surface area contributed by atoms with Crippen molar-refractivity contribution in [3.63, 3.8) is 0 Å². The molecule has 0 unspecified atom stereocenters. The molecule has 0 radical (unpaired) electrons. The lowest BCUT2D eigenvalue weighted by Gasteiger charge is -2.13. The van der Waals surface area contributed by atoms with E-state index in [9.17, 15) is 14.4 Å². The van der Waals surface area contributed by atoms with Crippen LogP contribution in [0.3, 0.4) is 0 Å². The minimum absolute atomic E-state index is 0.0576. The van der Waals surface area contributed by atoms with Gasteiger partial charge in [0.05, 0.1) is 57.5 Å². The summed E-state index contributed by atoms with van der Waals surface area (Å²) in [4.78, 5) is 87.0. The molecule has 534 valence electrons. The molecule has 9 aromatic heterocycles. The van der Waals surface area contributed by atoms with Gasteiger partial charge in [-0.1, -0.05) is 18.1 Å². The highest BCUT2D eigenvalue weighted by atomic mass is 16.2. The number of anilines is 9. The molecule has 23 heteroatoms. The Bertz CT molecular complexity index is 6410. The van der Waals surface area contributed by atoms with E-state index in [1.54, 1.807) is 192 Å². The van der Waals surface area contributed by atoms with E-state index in [-0.39, 0.29) is 107 Å². The van der Waals surface area contributed by atoms with Gasteiger partial charge in [0.25, 0.3) is 17.7 Å². The highest BCUT2D eigenvalue weighted by Crippen LogP contribution is 2.30. The third-order valence-corrected chi connectivity index (χ3v) is 15.8. The van der Waals surface area contributed by atoms with Gasteiger partial charge in [0, 0.05) is 169 Å². The SMILES string of the molecule is [2H]c1c([2H])c(C(=O)Nc2cc(C)cc(-n3c([2H])cc(C)c3[2H])c2)c([2H])c(Nc2nccc(-c3cccnc3)n2)c1C.[2H]c1c([2H])c(C(=O)Nc2cc(C)cc(-n3c([2H])nc(C)c3[2H])c2)c([2H])c(Nc2nccc(-c3cccnc3)n2)c1C.[2H]c1c([2H])c(C([2H])([2H])[2H])c(Nc2nccc(-c3cccnc3)n2)c([2H])c1C(=O)Nc1cc(C)cc(-n2cnc(C)c2)c1. The van der Waals surface area contributed by atoms with Crippen molar-refractivity contribution in [2.45, 2.75) is 62.2 Å². The van der Waals surface area contributed by atoms with Crippen molar-refractivity contribution in [2.75, 3.05) is 31.9 Å². The van der Waals surface area contributed by atoms with Gasteiger partial charge in [-0.3, -0.25) is 29.3 Å². The Balaban J connectivity index is 0.000000160. The van der Waals surface area contributed by atoms with Crippen LogP contribution in [-0.4, -0.2) is 86.2 Å². The predicted octanol–water partition coefficient (Wildman–Crippen LogP) is 17.5. The summed E-state index contributed by atoms with van der Waals surface area (Å²) in [5, 5.41) is 16.8. The Morgan fingerprint density at radius 3 is 1.17 bits per heavy atom. The van der Waals surface area contributed by atoms with E-state index in [0.29, 0.717) is 73.5 Å². The summed E-state index contributed by atoms with van der Waals surface area (Å²) >= 11 is 0. The molecule has 0 spiro atoms. The lowest BCUT2D eigenvalue weighted by atomic mass is 10.1. The van der Waals surface area contributed by atoms with Crippen LogP contribution in [0.4, 0.5) is 52.0 Å². The number of aromatic nitrogens is 14. The van der Waals surface area contributed by atoms with Crippen molar-refractivity contribution in [3.05, 3.63) is 330 Å². The maximum absolute atomic E-state index is 13.5. The fourth-order valence-corrected chi connectivity index (χ4v) is 10.7. The van der Waals surface area contributed by atoms with Gasteiger partial charge in [0.2, 0.25) is 17.8 Å². The van der Waals surface area contributed by atoms with E-state index in [2.05, 4.69) is 86.7 Å². The molecule has 0 aliphatic rings. The Morgan fingerprint density at radius 1 is 0.398 bits per heavy atom. The summed E-state index contributed by atoms with van der Waals surface area (Å²) in [6, 6.07) is 29.2. The number of nitrogens with one attached hydrogen (secondary N) is 6. The Kier molecular flexibility index (Phi) is 16.5. The molecule has 3 amide bonds. The first-order valence-corrected chi connectivity index (χ1v) is 33.4. The van der Waals surface area contributed by atoms with Crippen LogP contribution in [0.1, 0.15) is 103 Å². The molecule has 6 N–H and O–H groups in total. The number of nitrogens with zero attached hydrogens (tertiary/aromatic N) is 14. The van der Waals surface area contributed by atoms with Gasteiger partial charge < -0.3 is 45.6 Å². The maximum atomic E-state index is 13.5. The van der Waals surface area contributed by atoms with E-state index in [4.69, 9.17) is 21.9 Å². The summed E-state index contributed by atoms with van der Waals surface area (Å²) in [5.74, 6) is -2.08. The topological polar surface area (TPSA) is 280 Å². The molecule has 0 aliphatic heterocycles. The molecule has 108 heavy (non-hydrogen) atoms. The predicted molar refractivity (Wildman–Crippen MR) is 424 cm³/mol. The largest absolute Gasteiger partial charge is 0.324 e. The molecule has 9 heterocycles. The van der Waals surface area contributed by atoms with Gasteiger partial charge in [0.1, 0.15) is 1.37 Å². The Morgan fingerprint density at radius 2 is 0.806 bits per heavy atom. The molecule has 0 bridgehead atoms. The van der Waals surface area contributed by atoms with Crippen LogP contribution >= 0.6 is 0 Å². The van der Waals surface area contributed by atoms with E-state index < -0.39 is 53.8 Å². The van der Waals surface area contributed by atoms with Crippen molar-refractivity contribution >= 4 is 69.7 Å². The molecule has 0 atom stereocenters. The maximum Gasteiger partial charge on any atom is 0.255 e. The Hall–Kier alpha value is -14.5. The number of rotatable bonds is 18. The number of amides is 3. The summed E-state index contributed by atoms with van der Waals surface area (Å²) < 4.78 is 139. The number of carbonyl (C=O) groups excluding carboxylic acids is 3. The minimum atomic E-state index is -2.88. The first-order valence-electron chi connectivity index (χ1n) is 41.4. The smallest absolute Gasteiger partial charge is 0.255 e. The lowest BCUT2D eigenvalue weighted by molar-refractivity contribution is 0.101. The van der Waals surface area contributed by atoms with Crippen LogP contribution in [-0.2, 0) is 0 Å². The third-order valence-electron chi connectivity index (χ3n) is 15.8. The van der Waals surface area contributed by atoms with Crippen LogP contribution in [0, 0.1) is 62.2 Å². The lowest BCUT2D eigenvalue weighted by Crippen LogP contribution is -2.13. The zero-order valence-corrected chi connectivity index (χ0v) is 59.3. The number of hydrogen-bond acceptors (Lipinski definition) is 17. The highest BCUT2D eigenvalue weighted by Gasteiger charge is 2.17. The van der Waals surface area contributed by atoms with Crippen molar-refractivity contribution < 1.29 is 36.3 Å². The van der Waals surface area contributed by atoms with E-state index in [1.807, 2.05) is 45.2 Å². The molecule has 0 aliphatic carbocycles. The van der Waals surface area contributed by atoms with E-state index in [1.165, 1.54) is 15.3 Å². The summed E-state index contributed by atoms with van der Waals surface area (Å²) in [6.07, 6.45) is 18.1. The second kappa shape index (κ2) is 32.9. The number of carbonyl (C=O) groups is 3. The molecule has 23 nitrogen and oxygen atoms in total. The van der Waals surface area contributed by atoms with Gasteiger partial charge in [-0.05, 0) is 253 Å². The number of hydrogen-bond donors (Lipinski definition) is 6. The fourth-order valence-electron chi connectivity index (χ4n) is 10.7. The number of imidazole rings is 2. The van der Waals surface area contributed by atoms with E-state index >= 15 is 0 Å². The van der Waals surface area contributed by atoms with Crippen molar-refractivity contribution in [3.8, 4) is 50.8 Å². The van der Waals surface area contributed by atoms with Gasteiger partial charge in [0.15, 0.2) is 0 Å². The monoisotopic (exact) mass is 1440 g/mol. The fraction of sp³-hybridized carbons (Fsp3) is 0.106. The van der Waals surface area contributed by atoms with Crippen LogP contribution in [0.5, 0.6) is 0 Å². The number of aryl methyl sites for hydroxylation is 6. The standard InChI is InChI=1S/C29H26N6O.2C28H25N7O/c1-19-9-12-35(18-19)25-14-20(2)13-24(16-25)32-28(36)22-7-6-21(3)27(15-22)34-29-31-11-8-26(33-29)23-5-4-10-30-17-23;2*1-18-11-23(14-24(12-18)35-16-20(3)31-17-35)32-27(36)21-7-6-19(2)26(13-21)34-28-30-10-8-25(33-28)22-5-4-9-29-15-22/h4-18H,1-3H3,(H,32,36)(H,31,33,34);2*4-17H,1-3H3,(H,32,36)(H,30,33,34)/i6D,7D,12D,15D,18D;6D,7D,13D,16D,17D;2D3,6D,7D,13D. The summed E-state index contributed by atoms with van der Waals surface area (Å²) in [5.41, 5.74) is 9.79. The first-order chi connectivity index (χ1) is 59.0. The summed E-state index contributed by atoms with van der Waals surface area (Å²) in [7, 11) is 0. The van der Waals surface area contributed by atoms with Gasteiger partial charge in [-0.15, -0.1) is 0 Å². The number of benzene rings is 6. The molecule has 15 aromatic rings. The molecule has 0 fully saturated rings. The van der Waals surface area contributed by atoms with Gasteiger partial charge in [-0.25, -0.2) is 39.9 Å². The second-order valence-electron chi connectivity index (χ2n) is 24.5. The zero-order valence-electron chi connectivity index (χ0n) is 75.3. The van der Waals surface area contributed by atoms with Crippen LogP contribution in [0.2, 0.25) is 0 Å². The van der Waals surface area contributed by atoms with Gasteiger partial charge in [-0.2, -0.15) is 0 Å². The normalized spacial score (nSPS) is 13.0. The molecular formula is C85H76N20O3. The second-order valence-corrected chi connectivity index (χ2v) is 24.5. The molecule has 0 saturated heterocycles. The molecule has 0 saturated carbocycles. The quantitative estimate of drug-likeness (QED) is 0.0466. The van der Waals surface area contributed by atoms with Crippen LogP contribution in [0.15, 0.2) is 263 Å². The van der Waals surface area contributed by atoms with Crippen molar-refractivity contribution in [1.29, 1.82) is 0 Å². The minimum Gasteiger partial charge on any atom is -0.324 e. The third kappa shape index (κ3) is 18.5. The summed E-state index contributed by atoms with van der Waals surface area (Å²) in [6.45, 7) is 11.0. The molecule has 15 rings (SSSR count). The van der Waals surface area contributed by atoms with E-state index in [0.717, 1.165) is 39.2 Å². The van der Waals surface area contributed by atoms with Crippen LogP contribution < -0.4 is 31.9 Å². The average Bonchev–Trinajstić information content (AvgIpc) is 0.981. The average molecular weight is 1440 g/mol. The van der Waals surface area contributed by atoms with Crippen molar-refractivity contribution in [1.82, 2.24) is 68.5 Å². The highest BCUT2D eigenvalue weighted by molar-refractivity contribution is 6.07. The first kappa shape index (κ1) is 54.2.